The molecule has 1 fully saturated rings. The Kier molecular flexibility index (Phi) is 5.97. The SMILES string of the molecule is CCC1CCCCN1C(=O)COC(=O)/C(C#N)=C\c1ccc2c(c1)OCO2. The Bertz CT molecular complexity index is 796. The second-order valence-electron chi connectivity index (χ2n) is 6.50. The van der Waals surface area contributed by atoms with Crippen molar-refractivity contribution in [3.05, 3.63) is 29.3 Å². The van der Waals surface area contributed by atoms with Crippen LogP contribution < -0.4 is 9.47 Å². The van der Waals surface area contributed by atoms with E-state index in [4.69, 9.17) is 14.2 Å². The van der Waals surface area contributed by atoms with Gasteiger partial charge in [-0.15, -0.1) is 0 Å². The van der Waals surface area contributed by atoms with Gasteiger partial charge in [0.15, 0.2) is 18.1 Å². The molecule has 1 aromatic carbocycles. The highest BCUT2D eigenvalue weighted by Crippen LogP contribution is 2.33. The van der Waals surface area contributed by atoms with Gasteiger partial charge in [-0.25, -0.2) is 4.79 Å². The maximum absolute atomic E-state index is 12.4. The van der Waals surface area contributed by atoms with Gasteiger partial charge < -0.3 is 19.1 Å². The molecule has 1 atom stereocenters. The number of ether oxygens (including phenoxy) is 3. The quantitative estimate of drug-likeness (QED) is 0.450. The van der Waals surface area contributed by atoms with E-state index in [2.05, 4.69) is 0 Å². The molecule has 7 nitrogen and oxygen atoms in total. The van der Waals surface area contributed by atoms with Crippen molar-refractivity contribution >= 4 is 18.0 Å². The van der Waals surface area contributed by atoms with Crippen LogP contribution in [0.5, 0.6) is 11.5 Å². The number of rotatable bonds is 5. The summed E-state index contributed by atoms with van der Waals surface area (Å²) in [6, 6.07) is 7.13. The number of nitriles is 1. The van der Waals surface area contributed by atoms with E-state index in [1.54, 1.807) is 23.1 Å². The number of benzene rings is 1. The number of hydrogen-bond acceptors (Lipinski definition) is 6. The first kappa shape index (κ1) is 18.8. The molecule has 1 amide bonds. The first-order valence-corrected chi connectivity index (χ1v) is 9.10. The van der Waals surface area contributed by atoms with Gasteiger partial charge in [0.05, 0.1) is 0 Å². The third-order valence-electron chi connectivity index (χ3n) is 4.79. The van der Waals surface area contributed by atoms with Crippen LogP contribution in [0.25, 0.3) is 6.08 Å². The number of carbonyl (C=O) groups is 2. The van der Waals surface area contributed by atoms with Crippen molar-refractivity contribution in [3.8, 4) is 17.6 Å². The third kappa shape index (κ3) is 4.40. The van der Waals surface area contributed by atoms with Gasteiger partial charge in [0.25, 0.3) is 5.91 Å². The summed E-state index contributed by atoms with van der Waals surface area (Å²) in [6.07, 6.45) is 5.34. The molecular weight excluding hydrogens is 348 g/mol. The molecule has 0 bridgehead atoms. The van der Waals surface area contributed by atoms with Crippen molar-refractivity contribution in [1.29, 1.82) is 5.26 Å². The summed E-state index contributed by atoms with van der Waals surface area (Å²) in [4.78, 5) is 26.4. The Labute approximate surface area is 158 Å². The van der Waals surface area contributed by atoms with Crippen molar-refractivity contribution in [2.24, 2.45) is 0 Å². The summed E-state index contributed by atoms with van der Waals surface area (Å²) < 4.78 is 15.6. The number of esters is 1. The zero-order chi connectivity index (χ0) is 19.2. The van der Waals surface area contributed by atoms with E-state index in [0.29, 0.717) is 23.6 Å². The maximum atomic E-state index is 12.4. The first-order valence-electron chi connectivity index (χ1n) is 9.10. The summed E-state index contributed by atoms with van der Waals surface area (Å²) in [6.45, 7) is 2.53. The van der Waals surface area contributed by atoms with Crippen molar-refractivity contribution in [1.82, 2.24) is 4.90 Å². The van der Waals surface area contributed by atoms with Crippen molar-refractivity contribution in [3.63, 3.8) is 0 Å². The zero-order valence-corrected chi connectivity index (χ0v) is 15.3. The average Bonchev–Trinajstić information content (AvgIpc) is 3.17. The fraction of sp³-hybridized carbons (Fsp3) is 0.450. The molecule has 0 spiro atoms. The highest BCUT2D eigenvalue weighted by molar-refractivity contribution is 5.98. The molecule has 27 heavy (non-hydrogen) atoms. The molecule has 2 aliphatic rings. The van der Waals surface area contributed by atoms with Crippen molar-refractivity contribution in [2.75, 3.05) is 19.9 Å². The normalized spacial score (nSPS) is 18.7. The Morgan fingerprint density at radius 3 is 2.93 bits per heavy atom. The van der Waals surface area contributed by atoms with Gasteiger partial charge in [0.1, 0.15) is 11.6 Å². The summed E-state index contributed by atoms with van der Waals surface area (Å²) >= 11 is 0. The van der Waals surface area contributed by atoms with E-state index in [1.165, 1.54) is 6.08 Å². The van der Waals surface area contributed by atoms with Crippen molar-refractivity contribution < 1.29 is 23.8 Å². The molecule has 7 heteroatoms. The standard InChI is InChI=1S/C20H22N2O5/c1-2-16-5-3-4-8-22(16)19(23)12-25-20(24)15(11-21)9-14-6-7-17-18(10-14)27-13-26-17/h6-7,9-10,16H,2-5,8,12-13H2,1H3/b15-9-. The zero-order valence-electron chi connectivity index (χ0n) is 15.3. The van der Waals surface area contributed by atoms with E-state index in [9.17, 15) is 14.9 Å². The molecule has 0 N–H and O–H groups in total. The second kappa shape index (κ2) is 8.58. The van der Waals surface area contributed by atoms with Crippen LogP contribution in [-0.4, -0.2) is 42.8 Å². The van der Waals surface area contributed by atoms with E-state index < -0.39 is 5.97 Å². The van der Waals surface area contributed by atoms with Crippen LogP contribution in [0.3, 0.4) is 0 Å². The lowest BCUT2D eigenvalue weighted by atomic mass is 10.00. The van der Waals surface area contributed by atoms with Gasteiger partial charge in [-0.05, 0) is 49.5 Å². The van der Waals surface area contributed by atoms with E-state index in [1.807, 2.05) is 13.0 Å². The molecular formula is C20H22N2O5. The van der Waals surface area contributed by atoms with E-state index >= 15 is 0 Å². The Balaban J connectivity index is 1.62. The number of hydrogen-bond donors (Lipinski definition) is 0. The van der Waals surface area contributed by atoms with Gasteiger partial charge in [-0.1, -0.05) is 13.0 Å². The highest BCUT2D eigenvalue weighted by Gasteiger charge is 2.26. The Hall–Kier alpha value is -3.01. The second-order valence-corrected chi connectivity index (χ2v) is 6.50. The summed E-state index contributed by atoms with van der Waals surface area (Å²) in [5, 5.41) is 9.27. The topological polar surface area (TPSA) is 88.9 Å². The van der Waals surface area contributed by atoms with Crippen LogP contribution in [0.2, 0.25) is 0 Å². The third-order valence-corrected chi connectivity index (χ3v) is 4.79. The van der Waals surface area contributed by atoms with Gasteiger partial charge in [-0.2, -0.15) is 5.26 Å². The van der Waals surface area contributed by atoms with Gasteiger partial charge in [0.2, 0.25) is 6.79 Å². The highest BCUT2D eigenvalue weighted by atomic mass is 16.7. The predicted molar refractivity (Wildman–Crippen MR) is 96.8 cm³/mol. The lowest BCUT2D eigenvalue weighted by Crippen LogP contribution is -2.45. The Morgan fingerprint density at radius 2 is 2.15 bits per heavy atom. The summed E-state index contributed by atoms with van der Waals surface area (Å²) in [5.41, 5.74) is 0.438. The molecule has 1 saturated heterocycles. The number of carbonyl (C=O) groups excluding carboxylic acids is 2. The number of nitrogens with zero attached hydrogens (tertiary/aromatic N) is 2. The van der Waals surface area contributed by atoms with Gasteiger partial charge in [0, 0.05) is 12.6 Å². The molecule has 142 valence electrons. The van der Waals surface area contributed by atoms with Crippen LogP contribution in [0.1, 0.15) is 38.2 Å². The number of fused-ring (bicyclic) bond motifs is 1. The van der Waals surface area contributed by atoms with Gasteiger partial charge >= 0.3 is 5.97 Å². The fourth-order valence-electron chi connectivity index (χ4n) is 3.35. The largest absolute Gasteiger partial charge is 0.454 e. The molecule has 0 aromatic heterocycles. The number of amides is 1. The molecule has 0 saturated carbocycles. The molecule has 0 aliphatic carbocycles. The smallest absolute Gasteiger partial charge is 0.349 e. The molecule has 3 rings (SSSR count). The number of likely N-dealkylation sites (tertiary alicyclic amines) is 1. The van der Waals surface area contributed by atoms with Crippen LogP contribution in [-0.2, 0) is 14.3 Å². The van der Waals surface area contributed by atoms with Crippen LogP contribution in [0, 0.1) is 11.3 Å². The summed E-state index contributed by atoms with van der Waals surface area (Å²) in [5.74, 6) is 0.148. The lowest BCUT2D eigenvalue weighted by Gasteiger charge is -2.35. The lowest BCUT2D eigenvalue weighted by molar-refractivity contribution is -0.150. The van der Waals surface area contributed by atoms with Crippen LogP contribution in [0.15, 0.2) is 23.8 Å². The molecule has 1 aromatic rings. The molecule has 2 aliphatic heterocycles. The van der Waals surface area contributed by atoms with Crippen molar-refractivity contribution in [2.45, 2.75) is 38.6 Å². The first-order chi connectivity index (χ1) is 13.1. The van der Waals surface area contributed by atoms with Gasteiger partial charge in [-0.3, -0.25) is 4.79 Å². The summed E-state index contributed by atoms with van der Waals surface area (Å²) in [7, 11) is 0. The minimum Gasteiger partial charge on any atom is -0.454 e. The minimum atomic E-state index is -0.812. The van der Waals surface area contributed by atoms with E-state index in [0.717, 1.165) is 25.7 Å². The fourth-order valence-corrected chi connectivity index (χ4v) is 3.35. The molecule has 2 heterocycles. The number of piperidine rings is 1. The predicted octanol–water partition coefficient (Wildman–Crippen LogP) is 2.66. The Morgan fingerprint density at radius 1 is 1.33 bits per heavy atom. The molecule has 0 radical (unpaired) electrons. The van der Waals surface area contributed by atoms with Crippen LogP contribution >= 0.6 is 0 Å². The average molecular weight is 370 g/mol. The minimum absolute atomic E-state index is 0.146. The molecule has 1 unspecified atom stereocenters. The maximum Gasteiger partial charge on any atom is 0.349 e. The van der Waals surface area contributed by atoms with Crippen LogP contribution in [0.4, 0.5) is 0 Å². The monoisotopic (exact) mass is 370 g/mol. The van der Waals surface area contributed by atoms with E-state index in [-0.39, 0.29) is 30.9 Å².